The van der Waals surface area contributed by atoms with Crippen molar-refractivity contribution in [3.05, 3.63) is 40.8 Å². The van der Waals surface area contributed by atoms with E-state index in [0.29, 0.717) is 47.0 Å². The number of ether oxygens (including phenoxy) is 1. The van der Waals surface area contributed by atoms with Gasteiger partial charge < -0.3 is 25.3 Å². The lowest BCUT2D eigenvalue weighted by Gasteiger charge is -2.37. The quantitative estimate of drug-likeness (QED) is 0.402. The molecule has 1 aliphatic heterocycles. The molecule has 1 saturated carbocycles. The molecule has 1 saturated heterocycles. The Morgan fingerprint density at radius 2 is 2.14 bits per heavy atom. The minimum Gasteiger partial charge on any atom is -0.388 e. The summed E-state index contributed by atoms with van der Waals surface area (Å²) in [6, 6.07) is 5.09. The summed E-state index contributed by atoms with van der Waals surface area (Å²) in [5, 5.41) is 12.4. The molecule has 3 aromatic rings. The van der Waals surface area contributed by atoms with Crippen LogP contribution in [0.2, 0.25) is 5.02 Å². The third kappa shape index (κ3) is 5.16. The fraction of sp³-hybridized carbons (Fsp3) is 0.440. The number of thiazole rings is 1. The highest BCUT2D eigenvalue weighted by atomic mass is 35.5. The van der Waals surface area contributed by atoms with Crippen molar-refractivity contribution in [3.8, 4) is 11.3 Å². The van der Waals surface area contributed by atoms with Gasteiger partial charge >= 0.3 is 0 Å². The normalized spacial score (nSPS) is 20.6. The van der Waals surface area contributed by atoms with Crippen molar-refractivity contribution in [2.75, 3.05) is 36.5 Å². The number of benzene rings is 1. The second-order valence-electron chi connectivity index (χ2n) is 9.23. The molecule has 0 amide bonds. The molecule has 3 heterocycles. The molecule has 2 aromatic heterocycles. The largest absolute Gasteiger partial charge is 0.388 e. The van der Waals surface area contributed by atoms with Crippen molar-refractivity contribution in [1.29, 1.82) is 5.41 Å². The fourth-order valence-electron chi connectivity index (χ4n) is 4.10. The summed E-state index contributed by atoms with van der Waals surface area (Å²) in [6.07, 6.45) is 5.09. The van der Waals surface area contributed by atoms with Gasteiger partial charge in [0.25, 0.3) is 0 Å². The first kappa shape index (κ1) is 24.9. The molecule has 1 aromatic carbocycles. The zero-order valence-corrected chi connectivity index (χ0v) is 22.0. The fourth-order valence-corrected chi connectivity index (χ4v) is 5.29. The highest BCUT2D eigenvalue weighted by Crippen LogP contribution is 2.37. The smallest absolute Gasteiger partial charge is 0.228 e. The maximum atomic E-state index is 15.1. The van der Waals surface area contributed by atoms with E-state index in [1.807, 2.05) is 36.9 Å². The molecule has 190 valence electrons. The van der Waals surface area contributed by atoms with Crippen molar-refractivity contribution in [2.45, 2.75) is 44.9 Å². The molecule has 5 rings (SSSR count). The molecule has 1 aliphatic carbocycles. The predicted octanol–water partition coefficient (Wildman–Crippen LogP) is 4.88. The lowest BCUT2D eigenvalue weighted by Crippen LogP contribution is -2.48. The van der Waals surface area contributed by atoms with Gasteiger partial charge in [-0.3, -0.25) is 0 Å². The van der Waals surface area contributed by atoms with Gasteiger partial charge in [-0.15, -0.1) is 0 Å². The van der Waals surface area contributed by atoms with Crippen molar-refractivity contribution >= 4 is 50.6 Å². The monoisotopic (exact) mass is 529 g/mol. The summed E-state index contributed by atoms with van der Waals surface area (Å²) in [4.78, 5) is 18.5. The van der Waals surface area contributed by atoms with Crippen LogP contribution in [-0.4, -0.2) is 66.1 Å². The molecule has 2 N–H and O–H groups in total. The summed E-state index contributed by atoms with van der Waals surface area (Å²) in [5.41, 5.74) is 2.14. The third-order valence-electron chi connectivity index (χ3n) is 6.36. The summed E-state index contributed by atoms with van der Waals surface area (Å²) < 4.78 is 22.0. The number of halogens is 2. The van der Waals surface area contributed by atoms with Gasteiger partial charge in [-0.1, -0.05) is 22.9 Å². The zero-order valence-electron chi connectivity index (χ0n) is 20.5. The van der Waals surface area contributed by atoms with E-state index in [1.165, 1.54) is 23.6 Å². The molecular formula is C25H29ClFN7OS. The first-order valence-electron chi connectivity index (χ1n) is 12.1. The zero-order chi connectivity index (χ0) is 25.4. The average Bonchev–Trinajstić information content (AvgIpc) is 3.58. The van der Waals surface area contributed by atoms with Crippen molar-refractivity contribution < 1.29 is 9.13 Å². The van der Waals surface area contributed by atoms with Crippen LogP contribution in [0.25, 0.3) is 21.6 Å². The lowest BCUT2D eigenvalue weighted by molar-refractivity contribution is 0.00652. The van der Waals surface area contributed by atoms with Crippen LogP contribution in [0.1, 0.15) is 26.7 Å². The van der Waals surface area contributed by atoms with E-state index >= 15 is 4.39 Å². The van der Waals surface area contributed by atoms with E-state index in [1.54, 1.807) is 12.1 Å². The van der Waals surface area contributed by atoms with Gasteiger partial charge in [0.2, 0.25) is 5.95 Å². The maximum Gasteiger partial charge on any atom is 0.228 e. The van der Waals surface area contributed by atoms with Crippen molar-refractivity contribution in [3.63, 3.8) is 0 Å². The molecule has 2 aliphatic rings. The Bertz CT molecular complexity index is 1310. The first-order chi connectivity index (χ1) is 17.4. The predicted molar refractivity (Wildman–Crippen MR) is 144 cm³/mol. The van der Waals surface area contributed by atoms with Crippen molar-refractivity contribution in [2.24, 2.45) is 0 Å². The highest BCUT2D eigenvalue weighted by Gasteiger charge is 2.31. The molecule has 0 bridgehead atoms. The second kappa shape index (κ2) is 10.3. The molecule has 0 radical (unpaired) electrons. The Hall–Kier alpha value is -2.82. The summed E-state index contributed by atoms with van der Waals surface area (Å²) in [5.74, 6) is 0.0168. The van der Waals surface area contributed by atoms with Crippen LogP contribution in [-0.2, 0) is 4.74 Å². The molecule has 0 spiro atoms. The number of aromatic nitrogens is 3. The molecule has 8 nitrogen and oxygen atoms in total. The molecule has 2 atom stereocenters. The van der Waals surface area contributed by atoms with Crippen molar-refractivity contribution in [1.82, 2.24) is 20.3 Å². The van der Waals surface area contributed by atoms with E-state index in [0.717, 1.165) is 34.8 Å². The van der Waals surface area contributed by atoms with Gasteiger partial charge in [0.1, 0.15) is 16.6 Å². The summed E-state index contributed by atoms with van der Waals surface area (Å²) >= 11 is 7.47. The van der Waals surface area contributed by atoms with E-state index < -0.39 is 5.82 Å². The van der Waals surface area contributed by atoms with Gasteiger partial charge in [-0.25, -0.2) is 9.37 Å². The Kier molecular flexibility index (Phi) is 7.09. The number of hydrogen-bond donors (Lipinski definition) is 2. The third-order valence-corrected chi connectivity index (χ3v) is 7.76. The Balaban J connectivity index is 1.56. The van der Waals surface area contributed by atoms with Gasteiger partial charge in [-0.2, -0.15) is 9.97 Å². The van der Waals surface area contributed by atoms with Gasteiger partial charge in [0.15, 0.2) is 10.8 Å². The van der Waals surface area contributed by atoms with Crippen LogP contribution in [0, 0.1) is 11.2 Å². The Labute approximate surface area is 218 Å². The molecule has 0 unspecified atom stereocenters. The number of anilines is 2. The van der Waals surface area contributed by atoms with Gasteiger partial charge in [-0.05, 0) is 44.9 Å². The van der Waals surface area contributed by atoms with Gasteiger partial charge in [0, 0.05) is 54.8 Å². The van der Waals surface area contributed by atoms with E-state index in [4.69, 9.17) is 36.7 Å². The molecule has 11 heteroatoms. The number of rotatable bonds is 8. The Morgan fingerprint density at radius 1 is 1.33 bits per heavy atom. The van der Waals surface area contributed by atoms with Crippen LogP contribution in [0.5, 0.6) is 0 Å². The minimum atomic E-state index is -0.444. The first-order valence-corrected chi connectivity index (χ1v) is 13.3. The molecule has 36 heavy (non-hydrogen) atoms. The number of nitrogens with one attached hydrogen (secondary N) is 2. The number of fused-ring (bicyclic) bond motifs is 1. The molecule has 2 fully saturated rings. The number of hydrogen-bond acceptors (Lipinski definition) is 9. The lowest BCUT2D eigenvalue weighted by atomic mass is 10.1. The standard InChI is InChI=1S/C25H29ClFN7OS/c1-4-33(3)25-32-23-22(36-25)21(18-8-5-16(26)9-19(18)27)30-24(31-23)34-12-14(2)35-20(13-34)15(10-28)11-29-17-6-7-17/h5,8-11,14,17,20,28-29H,4,6-7,12-13H2,1-3H3/b15-11+,28-10?/t14-,20-/m1/s1. The van der Waals surface area contributed by atoms with Crippen LogP contribution in [0.15, 0.2) is 30.0 Å². The minimum absolute atomic E-state index is 0.111. The number of nitrogens with zero attached hydrogens (tertiary/aromatic N) is 5. The average molecular weight is 530 g/mol. The SMILES string of the molecule is CCN(C)c1nc2nc(N3C[C@@H](C)O[C@@H](/C(C=N)=C/NC4CC4)C3)nc(-c3ccc(Cl)cc3F)c2s1. The topological polar surface area (TPSA) is 90.3 Å². The summed E-state index contributed by atoms with van der Waals surface area (Å²) in [6.45, 7) is 5.85. The highest BCUT2D eigenvalue weighted by molar-refractivity contribution is 7.22. The second-order valence-corrected chi connectivity index (χ2v) is 10.6. The number of morpholine rings is 1. The van der Waals surface area contributed by atoms with Crippen LogP contribution in [0.4, 0.5) is 15.5 Å². The van der Waals surface area contributed by atoms with Crippen LogP contribution >= 0.6 is 22.9 Å². The summed E-state index contributed by atoms with van der Waals surface area (Å²) in [7, 11) is 1.96. The van der Waals surface area contributed by atoms with E-state index in [-0.39, 0.29) is 12.2 Å². The Morgan fingerprint density at radius 3 is 2.83 bits per heavy atom. The van der Waals surface area contributed by atoms with Gasteiger partial charge in [0.05, 0.1) is 18.3 Å². The molecular weight excluding hydrogens is 501 g/mol. The van der Waals surface area contributed by atoms with E-state index in [9.17, 15) is 0 Å². The van der Waals surface area contributed by atoms with Crippen LogP contribution < -0.4 is 15.1 Å². The maximum absolute atomic E-state index is 15.1. The van der Waals surface area contributed by atoms with E-state index in [2.05, 4.69) is 5.32 Å². The van der Waals surface area contributed by atoms with Crippen LogP contribution in [0.3, 0.4) is 0 Å².